The van der Waals surface area contributed by atoms with Gasteiger partial charge in [-0.25, -0.2) is 0 Å². The minimum absolute atomic E-state index is 0.0691. The SMILES string of the molecule is Nc1nc2c(c(=O)[nH]1)NC(OCc1ccccc1)N2C(O)OCCCO. The van der Waals surface area contributed by atoms with Gasteiger partial charge in [-0.15, -0.1) is 0 Å². The number of nitrogens with zero attached hydrogens (tertiary/aromatic N) is 2. The van der Waals surface area contributed by atoms with Gasteiger partial charge in [-0.1, -0.05) is 30.3 Å². The van der Waals surface area contributed by atoms with Crippen molar-refractivity contribution in [3.8, 4) is 0 Å². The zero-order valence-corrected chi connectivity index (χ0v) is 14.0. The first kappa shape index (κ1) is 18.1. The van der Waals surface area contributed by atoms with Crippen LogP contribution in [0.15, 0.2) is 35.1 Å². The third kappa shape index (κ3) is 3.94. The van der Waals surface area contributed by atoms with Crippen molar-refractivity contribution in [3.63, 3.8) is 0 Å². The van der Waals surface area contributed by atoms with Crippen LogP contribution in [0.5, 0.6) is 0 Å². The molecule has 10 heteroatoms. The summed E-state index contributed by atoms with van der Waals surface area (Å²) in [5.74, 6) is 0.0348. The number of nitrogens with one attached hydrogen (secondary N) is 2. The van der Waals surface area contributed by atoms with Crippen LogP contribution in [0.1, 0.15) is 12.0 Å². The van der Waals surface area contributed by atoms with Gasteiger partial charge in [0.05, 0.1) is 13.2 Å². The Morgan fingerprint density at radius 1 is 1.35 bits per heavy atom. The first-order chi connectivity index (χ1) is 12.6. The maximum absolute atomic E-state index is 12.1. The molecule has 1 aromatic heterocycles. The topological polar surface area (TPSA) is 146 Å². The molecule has 0 saturated carbocycles. The van der Waals surface area contributed by atoms with Crippen LogP contribution in [0.3, 0.4) is 0 Å². The molecule has 0 amide bonds. The largest absolute Gasteiger partial charge is 0.396 e. The van der Waals surface area contributed by atoms with Gasteiger partial charge in [0.25, 0.3) is 5.56 Å². The maximum Gasteiger partial charge on any atom is 0.278 e. The van der Waals surface area contributed by atoms with Crippen LogP contribution in [0.25, 0.3) is 0 Å². The van der Waals surface area contributed by atoms with E-state index in [1.807, 2.05) is 30.3 Å². The van der Waals surface area contributed by atoms with Crippen LogP contribution in [0.4, 0.5) is 17.5 Å². The number of anilines is 3. The van der Waals surface area contributed by atoms with Gasteiger partial charge < -0.3 is 30.7 Å². The van der Waals surface area contributed by atoms with E-state index in [1.54, 1.807) is 0 Å². The average molecular weight is 363 g/mol. The number of hydrogen-bond donors (Lipinski definition) is 5. The molecule has 2 unspecified atom stereocenters. The second kappa shape index (κ2) is 8.15. The molecule has 1 aliphatic heterocycles. The van der Waals surface area contributed by atoms with Crippen LogP contribution in [0.2, 0.25) is 0 Å². The molecule has 26 heavy (non-hydrogen) atoms. The summed E-state index contributed by atoms with van der Waals surface area (Å²) in [5, 5.41) is 22.1. The number of hydrogen-bond acceptors (Lipinski definition) is 9. The Bertz CT molecular complexity index is 784. The number of aromatic nitrogens is 2. The molecule has 1 aliphatic rings. The molecule has 0 spiro atoms. The van der Waals surface area contributed by atoms with E-state index in [0.717, 1.165) is 5.56 Å². The second-order valence-corrected chi connectivity index (χ2v) is 5.62. The quantitative estimate of drug-likeness (QED) is 0.317. The molecular formula is C16H21N5O5. The fourth-order valence-electron chi connectivity index (χ4n) is 2.52. The van der Waals surface area contributed by atoms with Gasteiger partial charge in [0.1, 0.15) is 5.69 Å². The zero-order chi connectivity index (χ0) is 18.5. The predicted molar refractivity (Wildman–Crippen MR) is 94.1 cm³/mol. The van der Waals surface area contributed by atoms with Gasteiger partial charge in [0, 0.05) is 6.61 Å². The molecule has 0 saturated heterocycles. The van der Waals surface area contributed by atoms with Gasteiger partial charge >= 0.3 is 0 Å². The van der Waals surface area contributed by atoms with Crippen LogP contribution < -0.4 is 21.5 Å². The van der Waals surface area contributed by atoms with Crippen molar-refractivity contribution in [1.82, 2.24) is 9.97 Å². The van der Waals surface area contributed by atoms with E-state index >= 15 is 0 Å². The molecular weight excluding hydrogens is 342 g/mol. The first-order valence-electron chi connectivity index (χ1n) is 8.11. The fourth-order valence-corrected chi connectivity index (χ4v) is 2.52. The summed E-state index contributed by atoms with van der Waals surface area (Å²) in [6.45, 7) is 0.285. The average Bonchev–Trinajstić information content (AvgIpc) is 2.99. The summed E-state index contributed by atoms with van der Waals surface area (Å²) in [7, 11) is 0. The summed E-state index contributed by atoms with van der Waals surface area (Å²) < 4.78 is 11.1. The Hall–Kier alpha value is -2.66. The number of aromatic amines is 1. The van der Waals surface area contributed by atoms with Crippen molar-refractivity contribution >= 4 is 17.5 Å². The van der Waals surface area contributed by atoms with E-state index in [-0.39, 0.29) is 37.3 Å². The highest BCUT2D eigenvalue weighted by Gasteiger charge is 2.38. The Kier molecular flexibility index (Phi) is 5.68. The lowest BCUT2D eigenvalue weighted by molar-refractivity contribution is -0.122. The minimum Gasteiger partial charge on any atom is -0.396 e. The molecule has 3 rings (SSSR count). The normalized spacial score (nSPS) is 17.0. The summed E-state index contributed by atoms with van der Waals surface area (Å²) in [6.07, 6.45) is -1.97. The molecule has 0 bridgehead atoms. The Balaban J connectivity index is 1.80. The monoisotopic (exact) mass is 363 g/mol. The van der Waals surface area contributed by atoms with Gasteiger partial charge in [0.2, 0.25) is 18.7 Å². The maximum atomic E-state index is 12.1. The van der Waals surface area contributed by atoms with Gasteiger partial charge in [0.15, 0.2) is 5.82 Å². The van der Waals surface area contributed by atoms with Crippen molar-refractivity contribution in [1.29, 1.82) is 0 Å². The molecule has 10 nitrogen and oxygen atoms in total. The fraction of sp³-hybridized carbons (Fsp3) is 0.375. The smallest absolute Gasteiger partial charge is 0.278 e. The number of aliphatic hydroxyl groups is 2. The number of H-pyrrole nitrogens is 1. The summed E-state index contributed by atoms with van der Waals surface area (Å²) in [6, 6.07) is 9.44. The third-order valence-corrected chi connectivity index (χ3v) is 3.74. The van der Waals surface area contributed by atoms with Crippen molar-refractivity contribution in [2.45, 2.75) is 25.8 Å². The number of ether oxygens (including phenoxy) is 2. The van der Waals surface area contributed by atoms with Crippen LogP contribution >= 0.6 is 0 Å². The Morgan fingerprint density at radius 3 is 2.85 bits per heavy atom. The number of nitrogen functional groups attached to an aromatic ring is 1. The summed E-state index contributed by atoms with van der Waals surface area (Å²) in [5.41, 5.74) is 6.17. The first-order valence-corrected chi connectivity index (χ1v) is 8.11. The van der Waals surface area contributed by atoms with Crippen molar-refractivity contribution < 1.29 is 19.7 Å². The molecule has 2 heterocycles. The van der Waals surface area contributed by atoms with Gasteiger partial charge in [-0.3, -0.25) is 14.7 Å². The Morgan fingerprint density at radius 2 is 2.12 bits per heavy atom. The van der Waals surface area contributed by atoms with Crippen LogP contribution in [-0.4, -0.2) is 46.2 Å². The van der Waals surface area contributed by atoms with E-state index in [9.17, 15) is 9.90 Å². The van der Waals surface area contributed by atoms with Crippen molar-refractivity contribution in [3.05, 3.63) is 46.2 Å². The Labute approximate surface area is 149 Å². The highest BCUT2D eigenvalue weighted by Crippen LogP contribution is 2.32. The highest BCUT2D eigenvalue weighted by molar-refractivity contribution is 5.71. The number of nitrogens with two attached hydrogens (primary N) is 1. The second-order valence-electron chi connectivity index (χ2n) is 5.62. The molecule has 1 aromatic carbocycles. The molecule has 2 atom stereocenters. The summed E-state index contributed by atoms with van der Waals surface area (Å²) in [4.78, 5) is 19.8. The minimum atomic E-state index is -1.44. The van der Waals surface area contributed by atoms with Crippen LogP contribution in [-0.2, 0) is 16.1 Å². The van der Waals surface area contributed by atoms with Gasteiger partial charge in [-0.05, 0) is 12.0 Å². The lowest BCUT2D eigenvalue weighted by atomic mass is 10.2. The van der Waals surface area contributed by atoms with E-state index in [2.05, 4.69) is 15.3 Å². The van der Waals surface area contributed by atoms with Crippen molar-refractivity contribution in [2.75, 3.05) is 29.2 Å². The van der Waals surface area contributed by atoms with Gasteiger partial charge in [-0.2, -0.15) is 4.98 Å². The van der Waals surface area contributed by atoms with E-state index < -0.39 is 18.3 Å². The predicted octanol–water partition coefficient (Wildman–Crippen LogP) is -0.241. The molecule has 0 radical (unpaired) electrons. The lowest BCUT2D eigenvalue weighted by Gasteiger charge is -2.29. The van der Waals surface area contributed by atoms with E-state index in [0.29, 0.717) is 6.42 Å². The number of benzene rings is 1. The molecule has 6 N–H and O–H groups in total. The lowest BCUT2D eigenvalue weighted by Crippen LogP contribution is -2.46. The number of fused-ring (bicyclic) bond motifs is 1. The molecule has 2 aromatic rings. The number of aliphatic hydroxyl groups excluding tert-OH is 2. The molecule has 0 aliphatic carbocycles. The third-order valence-electron chi connectivity index (χ3n) is 3.74. The van der Waals surface area contributed by atoms with E-state index in [4.69, 9.17) is 20.3 Å². The molecule has 140 valence electrons. The van der Waals surface area contributed by atoms with E-state index in [1.165, 1.54) is 4.90 Å². The zero-order valence-electron chi connectivity index (χ0n) is 14.0. The summed E-state index contributed by atoms with van der Waals surface area (Å²) >= 11 is 0. The van der Waals surface area contributed by atoms with Crippen LogP contribution in [0, 0.1) is 0 Å². The van der Waals surface area contributed by atoms with Crippen molar-refractivity contribution in [2.24, 2.45) is 0 Å². The standard InChI is InChI=1S/C16H21N5O5/c17-14-19-12-11(13(23)20-14)18-15(21(12)16(24)25-8-4-7-22)26-9-10-5-2-1-3-6-10/h1-3,5-6,15-16,18,22,24H,4,7-9H2,(H3,17,19,20,23). The highest BCUT2D eigenvalue weighted by atomic mass is 16.6. The molecule has 0 fully saturated rings. The number of rotatable bonds is 8.